The summed E-state index contributed by atoms with van der Waals surface area (Å²) in [5.41, 5.74) is 0.506. The maximum Gasteiger partial charge on any atom is 0.137 e. The van der Waals surface area contributed by atoms with Crippen LogP contribution in [0.15, 0.2) is 24.3 Å². The molecule has 0 aromatic heterocycles. The van der Waals surface area contributed by atoms with Gasteiger partial charge in [0.05, 0.1) is 5.56 Å². The van der Waals surface area contributed by atoms with E-state index in [0.717, 1.165) is 13.1 Å². The molecule has 1 fully saturated rings. The first-order valence-corrected chi connectivity index (χ1v) is 7.21. The number of hydrogen-bond donors (Lipinski definition) is 1. The smallest absolute Gasteiger partial charge is 0.137 e. The zero-order valence-corrected chi connectivity index (χ0v) is 12.0. The highest BCUT2D eigenvalue weighted by Gasteiger charge is 2.19. The SMILES string of the molecule is CC1CCCN(CC(O)COc2ccccc2C#N)C1. The molecule has 2 unspecified atom stereocenters. The number of likely N-dealkylation sites (tertiary alicyclic amines) is 1. The van der Waals surface area contributed by atoms with Crippen LogP contribution in [0.25, 0.3) is 0 Å². The van der Waals surface area contributed by atoms with E-state index in [-0.39, 0.29) is 6.61 Å². The summed E-state index contributed by atoms with van der Waals surface area (Å²) in [6, 6.07) is 9.19. The Bertz CT molecular complexity index is 470. The van der Waals surface area contributed by atoms with Crippen LogP contribution < -0.4 is 4.74 Å². The van der Waals surface area contributed by atoms with Gasteiger partial charge in [0.15, 0.2) is 0 Å². The largest absolute Gasteiger partial charge is 0.489 e. The van der Waals surface area contributed by atoms with Gasteiger partial charge in [-0.25, -0.2) is 0 Å². The van der Waals surface area contributed by atoms with Gasteiger partial charge in [-0.3, -0.25) is 0 Å². The molecule has 4 nitrogen and oxygen atoms in total. The fourth-order valence-corrected chi connectivity index (χ4v) is 2.67. The lowest BCUT2D eigenvalue weighted by Crippen LogP contribution is -2.41. The average Bonchev–Trinajstić information content (AvgIpc) is 2.45. The molecule has 0 bridgehead atoms. The van der Waals surface area contributed by atoms with Crippen LogP contribution in [0.5, 0.6) is 5.75 Å². The summed E-state index contributed by atoms with van der Waals surface area (Å²) in [5, 5.41) is 19.0. The summed E-state index contributed by atoms with van der Waals surface area (Å²) in [4.78, 5) is 2.29. The molecular formula is C16H22N2O2. The van der Waals surface area contributed by atoms with Crippen LogP contribution in [0.1, 0.15) is 25.3 Å². The van der Waals surface area contributed by atoms with Crippen molar-refractivity contribution in [1.29, 1.82) is 5.26 Å². The minimum absolute atomic E-state index is 0.226. The molecular weight excluding hydrogens is 252 g/mol. The minimum atomic E-state index is -0.521. The first-order chi connectivity index (χ1) is 9.69. The van der Waals surface area contributed by atoms with Gasteiger partial charge in [0.25, 0.3) is 0 Å². The van der Waals surface area contributed by atoms with Gasteiger partial charge >= 0.3 is 0 Å². The first kappa shape index (κ1) is 14.8. The Balaban J connectivity index is 1.80. The normalized spacial score (nSPS) is 21.1. The number of ether oxygens (including phenoxy) is 1. The summed E-state index contributed by atoms with van der Waals surface area (Å²) < 4.78 is 5.56. The van der Waals surface area contributed by atoms with Crippen molar-refractivity contribution in [2.24, 2.45) is 5.92 Å². The van der Waals surface area contributed by atoms with E-state index in [0.29, 0.717) is 23.8 Å². The number of para-hydroxylation sites is 1. The van der Waals surface area contributed by atoms with Crippen molar-refractivity contribution >= 4 is 0 Å². The molecule has 0 spiro atoms. The Morgan fingerprint density at radius 1 is 1.50 bits per heavy atom. The molecule has 0 amide bonds. The van der Waals surface area contributed by atoms with E-state index < -0.39 is 6.10 Å². The number of rotatable bonds is 5. The molecule has 1 aromatic carbocycles. The monoisotopic (exact) mass is 274 g/mol. The lowest BCUT2D eigenvalue weighted by atomic mass is 10.0. The molecule has 2 atom stereocenters. The molecule has 1 N–H and O–H groups in total. The second-order valence-corrected chi connectivity index (χ2v) is 5.58. The van der Waals surface area contributed by atoms with Crippen LogP contribution in [0.2, 0.25) is 0 Å². The summed E-state index contributed by atoms with van der Waals surface area (Å²) >= 11 is 0. The summed E-state index contributed by atoms with van der Waals surface area (Å²) in [7, 11) is 0. The Labute approximate surface area is 120 Å². The number of nitriles is 1. The van der Waals surface area contributed by atoms with E-state index in [4.69, 9.17) is 10.00 Å². The van der Waals surface area contributed by atoms with E-state index in [1.807, 2.05) is 6.07 Å². The number of aliphatic hydroxyl groups is 1. The van der Waals surface area contributed by atoms with E-state index in [2.05, 4.69) is 17.9 Å². The van der Waals surface area contributed by atoms with Gasteiger partial charge in [0, 0.05) is 13.1 Å². The number of piperidine rings is 1. The highest BCUT2D eigenvalue weighted by molar-refractivity contribution is 5.42. The molecule has 1 aliphatic rings. The predicted molar refractivity (Wildman–Crippen MR) is 77.5 cm³/mol. The third-order valence-corrected chi connectivity index (χ3v) is 3.65. The van der Waals surface area contributed by atoms with Crippen LogP contribution in [0, 0.1) is 17.2 Å². The minimum Gasteiger partial charge on any atom is -0.489 e. The quantitative estimate of drug-likeness (QED) is 0.892. The van der Waals surface area contributed by atoms with Crippen molar-refractivity contribution in [2.45, 2.75) is 25.9 Å². The highest BCUT2D eigenvalue weighted by atomic mass is 16.5. The van der Waals surface area contributed by atoms with Gasteiger partial charge in [-0.2, -0.15) is 5.26 Å². The molecule has 1 aromatic rings. The van der Waals surface area contributed by atoms with E-state index in [1.54, 1.807) is 18.2 Å². The maximum atomic E-state index is 10.1. The maximum absolute atomic E-state index is 10.1. The summed E-state index contributed by atoms with van der Waals surface area (Å²) in [6.07, 6.45) is 1.96. The molecule has 0 aliphatic carbocycles. The molecule has 1 aliphatic heterocycles. The van der Waals surface area contributed by atoms with Gasteiger partial charge in [-0.1, -0.05) is 19.1 Å². The van der Waals surface area contributed by atoms with Crippen LogP contribution in [-0.4, -0.2) is 42.4 Å². The van der Waals surface area contributed by atoms with Crippen LogP contribution in [-0.2, 0) is 0 Å². The third kappa shape index (κ3) is 4.22. The van der Waals surface area contributed by atoms with Crippen molar-refractivity contribution in [1.82, 2.24) is 4.90 Å². The second kappa shape index (κ2) is 7.28. The lowest BCUT2D eigenvalue weighted by molar-refractivity contribution is 0.0536. The van der Waals surface area contributed by atoms with E-state index in [9.17, 15) is 5.11 Å². The molecule has 108 valence electrons. The topological polar surface area (TPSA) is 56.5 Å². The van der Waals surface area contributed by atoms with Crippen molar-refractivity contribution < 1.29 is 9.84 Å². The van der Waals surface area contributed by atoms with Gasteiger partial charge < -0.3 is 14.7 Å². The standard InChI is InChI=1S/C16H22N2O2/c1-13-5-4-8-18(10-13)11-15(19)12-20-16-7-3-2-6-14(16)9-17/h2-3,6-7,13,15,19H,4-5,8,10-12H2,1H3. The Morgan fingerprint density at radius 2 is 2.30 bits per heavy atom. The van der Waals surface area contributed by atoms with Crippen LogP contribution in [0.4, 0.5) is 0 Å². The average molecular weight is 274 g/mol. The number of aliphatic hydroxyl groups excluding tert-OH is 1. The molecule has 4 heteroatoms. The van der Waals surface area contributed by atoms with E-state index in [1.165, 1.54) is 12.8 Å². The molecule has 1 saturated heterocycles. The Morgan fingerprint density at radius 3 is 3.05 bits per heavy atom. The zero-order chi connectivity index (χ0) is 14.4. The second-order valence-electron chi connectivity index (χ2n) is 5.58. The molecule has 0 radical (unpaired) electrons. The van der Waals surface area contributed by atoms with Gasteiger partial charge in [0.1, 0.15) is 24.5 Å². The lowest BCUT2D eigenvalue weighted by Gasteiger charge is -2.32. The summed E-state index contributed by atoms with van der Waals surface area (Å²) in [6.45, 7) is 5.21. The zero-order valence-electron chi connectivity index (χ0n) is 12.0. The van der Waals surface area contributed by atoms with Crippen molar-refractivity contribution in [3.8, 4) is 11.8 Å². The predicted octanol–water partition coefficient (Wildman–Crippen LogP) is 2.03. The molecule has 2 rings (SSSR count). The van der Waals surface area contributed by atoms with Crippen molar-refractivity contribution in [3.05, 3.63) is 29.8 Å². The van der Waals surface area contributed by atoms with Gasteiger partial charge in [-0.05, 0) is 37.4 Å². The Kier molecular flexibility index (Phi) is 5.40. The third-order valence-electron chi connectivity index (χ3n) is 3.65. The first-order valence-electron chi connectivity index (χ1n) is 7.21. The fraction of sp³-hybridized carbons (Fsp3) is 0.562. The van der Waals surface area contributed by atoms with Gasteiger partial charge in [0.2, 0.25) is 0 Å². The fourth-order valence-electron chi connectivity index (χ4n) is 2.67. The number of hydrogen-bond acceptors (Lipinski definition) is 4. The number of β-amino-alcohol motifs (C(OH)–C–C–N with tert-alkyl or cyclic N) is 1. The van der Waals surface area contributed by atoms with Crippen molar-refractivity contribution in [2.75, 3.05) is 26.2 Å². The summed E-state index contributed by atoms with van der Waals surface area (Å²) in [5.74, 6) is 1.25. The van der Waals surface area contributed by atoms with Crippen LogP contribution >= 0.6 is 0 Å². The number of benzene rings is 1. The molecule has 20 heavy (non-hydrogen) atoms. The van der Waals surface area contributed by atoms with Crippen molar-refractivity contribution in [3.63, 3.8) is 0 Å². The van der Waals surface area contributed by atoms with Crippen LogP contribution in [0.3, 0.4) is 0 Å². The number of nitrogens with zero attached hydrogens (tertiary/aromatic N) is 2. The van der Waals surface area contributed by atoms with E-state index >= 15 is 0 Å². The van der Waals surface area contributed by atoms with Gasteiger partial charge in [-0.15, -0.1) is 0 Å². The molecule has 0 saturated carbocycles. The highest BCUT2D eigenvalue weighted by Crippen LogP contribution is 2.18. The molecule has 1 heterocycles. The Hall–Kier alpha value is -1.57.